The van der Waals surface area contributed by atoms with Gasteiger partial charge in [-0.2, -0.15) is 0 Å². The van der Waals surface area contributed by atoms with Crippen molar-refractivity contribution in [3.8, 4) is 11.4 Å². The molecule has 0 unspecified atom stereocenters. The number of carboxylic acids is 1. The van der Waals surface area contributed by atoms with Crippen molar-refractivity contribution in [2.75, 3.05) is 0 Å². The Hall–Kier alpha value is -1.33. The molecule has 17 heavy (non-hydrogen) atoms. The molecule has 0 amide bonds. The fourth-order valence-electron chi connectivity index (χ4n) is 1.58. The number of carbonyl (C=O) groups is 1. The van der Waals surface area contributed by atoms with Crippen LogP contribution in [-0.4, -0.2) is 20.6 Å². The van der Waals surface area contributed by atoms with Crippen molar-refractivity contribution in [3.63, 3.8) is 0 Å². The largest absolute Gasteiger partial charge is 0.476 e. The Morgan fingerprint density at radius 1 is 1.53 bits per heavy atom. The van der Waals surface area contributed by atoms with Crippen molar-refractivity contribution in [2.24, 2.45) is 7.05 Å². The Bertz CT molecular complexity index is 595. The summed E-state index contributed by atoms with van der Waals surface area (Å²) in [6.07, 6.45) is 0. The number of carboxylic acid groups (broad SMARTS) is 1. The van der Waals surface area contributed by atoms with Crippen LogP contribution >= 0.6 is 27.5 Å². The van der Waals surface area contributed by atoms with Crippen LogP contribution in [0, 0.1) is 0 Å². The highest BCUT2D eigenvalue weighted by molar-refractivity contribution is 9.10. The van der Waals surface area contributed by atoms with Crippen LogP contribution in [0.1, 0.15) is 10.5 Å². The number of aromatic carboxylic acids is 1. The van der Waals surface area contributed by atoms with E-state index in [0.717, 1.165) is 5.56 Å². The first-order valence-corrected chi connectivity index (χ1v) is 5.89. The molecule has 0 fully saturated rings. The minimum absolute atomic E-state index is 0.111. The maximum atomic E-state index is 11.0. The Labute approximate surface area is 111 Å². The normalized spacial score (nSPS) is 10.5. The zero-order valence-electron chi connectivity index (χ0n) is 8.82. The van der Waals surface area contributed by atoms with Crippen molar-refractivity contribution in [2.45, 2.75) is 0 Å². The summed E-state index contributed by atoms with van der Waals surface area (Å²) in [6, 6.07) is 7.11. The van der Waals surface area contributed by atoms with E-state index in [2.05, 4.69) is 20.9 Å². The van der Waals surface area contributed by atoms with E-state index in [-0.39, 0.29) is 5.69 Å². The lowest BCUT2D eigenvalue weighted by Crippen LogP contribution is -2.05. The maximum absolute atomic E-state index is 11.0. The van der Waals surface area contributed by atoms with Gasteiger partial charge in [0.2, 0.25) is 0 Å². The summed E-state index contributed by atoms with van der Waals surface area (Å²) in [6.45, 7) is 0. The standard InChI is InChI=1S/C11H8BrClN2O2/c1-15-8(11(16)17)9(12)14-10(15)6-3-2-4-7(13)5-6/h2-5H,1H3,(H,16,17). The molecule has 1 N–H and O–H groups in total. The number of aromatic nitrogens is 2. The highest BCUT2D eigenvalue weighted by atomic mass is 79.9. The molecular formula is C11H8BrClN2O2. The molecule has 0 aliphatic carbocycles. The third kappa shape index (κ3) is 2.21. The minimum atomic E-state index is -1.03. The van der Waals surface area contributed by atoms with E-state index in [1.54, 1.807) is 25.2 Å². The number of hydrogen-bond donors (Lipinski definition) is 1. The molecule has 6 heteroatoms. The number of benzene rings is 1. The summed E-state index contributed by atoms with van der Waals surface area (Å²) < 4.78 is 1.82. The first-order valence-electron chi connectivity index (χ1n) is 4.72. The van der Waals surface area contributed by atoms with Crippen LogP contribution in [0.15, 0.2) is 28.9 Å². The Kier molecular flexibility index (Phi) is 3.22. The summed E-state index contributed by atoms with van der Waals surface area (Å²) in [5.74, 6) is -0.475. The number of rotatable bonds is 2. The van der Waals surface area contributed by atoms with Gasteiger partial charge in [-0.1, -0.05) is 23.7 Å². The topological polar surface area (TPSA) is 55.1 Å². The van der Waals surface area contributed by atoms with Crippen LogP contribution in [0.3, 0.4) is 0 Å². The van der Waals surface area contributed by atoms with Crippen LogP contribution in [0.4, 0.5) is 0 Å². The highest BCUT2D eigenvalue weighted by Gasteiger charge is 2.19. The average molecular weight is 316 g/mol. The summed E-state index contributed by atoms with van der Waals surface area (Å²) in [5, 5.41) is 9.63. The predicted molar refractivity (Wildman–Crippen MR) is 68.3 cm³/mol. The van der Waals surface area contributed by atoms with E-state index < -0.39 is 5.97 Å². The fourth-order valence-corrected chi connectivity index (χ4v) is 2.38. The molecule has 0 bridgehead atoms. The Morgan fingerprint density at radius 2 is 2.24 bits per heavy atom. The predicted octanol–water partition coefficient (Wildman–Crippen LogP) is 3.20. The van der Waals surface area contributed by atoms with Crippen molar-refractivity contribution in [1.82, 2.24) is 9.55 Å². The first-order chi connectivity index (χ1) is 8.00. The summed E-state index contributed by atoms with van der Waals surface area (Å²) >= 11 is 9.03. The van der Waals surface area contributed by atoms with Gasteiger partial charge in [-0.25, -0.2) is 9.78 Å². The fraction of sp³-hybridized carbons (Fsp3) is 0.0909. The molecule has 1 aromatic carbocycles. The van der Waals surface area contributed by atoms with Crippen molar-refractivity contribution in [1.29, 1.82) is 0 Å². The second-order valence-electron chi connectivity index (χ2n) is 3.45. The maximum Gasteiger partial charge on any atom is 0.355 e. The zero-order chi connectivity index (χ0) is 12.6. The van der Waals surface area contributed by atoms with Gasteiger partial charge in [-0.15, -0.1) is 0 Å². The average Bonchev–Trinajstić information content (AvgIpc) is 2.54. The smallest absolute Gasteiger partial charge is 0.355 e. The van der Waals surface area contributed by atoms with E-state index in [1.165, 1.54) is 4.57 Å². The molecule has 4 nitrogen and oxygen atoms in total. The van der Waals surface area contributed by atoms with E-state index in [0.29, 0.717) is 15.5 Å². The van der Waals surface area contributed by atoms with Crippen LogP contribution in [0.5, 0.6) is 0 Å². The molecule has 1 heterocycles. The quantitative estimate of drug-likeness (QED) is 0.926. The van der Waals surface area contributed by atoms with Gasteiger partial charge in [0, 0.05) is 17.6 Å². The first kappa shape index (κ1) is 12.1. The molecule has 0 aliphatic heterocycles. The van der Waals surface area contributed by atoms with Crippen LogP contribution in [0.25, 0.3) is 11.4 Å². The third-order valence-electron chi connectivity index (χ3n) is 2.34. The number of halogens is 2. The van der Waals surface area contributed by atoms with Crippen molar-refractivity contribution in [3.05, 3.63) is 39.6 Å². The number of nitrogens with zero attached hydrogens (tertiary/aromatic N) is 2. The molecule has 1 aromatic heterocycles. The minimum Gasteiger partial charge on any atom is -0.476 e. The van der Waals surface area contributed by atoms with Crippen molar-refractivity contribution < 1.29 is 9.90 Å². The molecule has 2 rings (SSSR count). The third-order valence-corrected chi connectivity index (χ3v) is 3.13. The van der Waals surface area contributed by atoms with E-state index >= 15 is 0 Å². The lowest BCUT2D eigenvalue weighted by Gasteiger charge is -2.03. The zero-order valence-corrected chi connectivity index (χ0v) is 11.2. The summed E-state index contributed by atoms with van der Waals surface area (Å²) in [5.41, 5.74) is 0.883. The van der Waals surface area contributed by atoms with Crippen LogP contribution < -0.4 is 0 Å². The molecule has 0 radical (unpaired) electrons. The van der Waals surface area contributed by atoms with E-state index in [4.69, 9.17) is 16.7 Å². The van der Waals surface area contributed by atoms with Gasteiger partial charge >= 0.3 is 5.97 Å². The lowest BCUT2D eigenvalue weighted by atomic mass is 10.2. The van der Waals surface area contributed by atoms with Crippen molar-refractivity contribution >= 4 is 33.5 Å². The SMILES string of the molecule is Cn1c(-c2cccc(Cl)c2)nc(Br)c1C(=O)O. The molecule has 0 saturated carbocycles. The Morgan fingerprint density at radius 3 is 2.76 bits per heavy atom. The molecule has 0 atom stereocenters. The molecule has 2 aromatic rings. The van der Waals surface area contributed by atoms with Crippen LogP contribution in [-0.2, 0) is 7.05 Å². The monoisotopic (exact) mass is 314 g/mol. The van der Waals surface area contributed by atoms with Gasteiger partial charge in [0.25, 0.3) is 0 Å². The lowest BCUT2D eigenvalue weighted by molar-refractivity contribution is 0.0685. The van der Waals surface area contributed by atoms with E-state index in [1.807, 2.05) is 6.07 Å². The van der Waals surface area contributed by atoms with Gasteiger partial charge in [-0.3, -0.25) is 0 Å². The number of imidazole rings is 1. The molecule has 88 valence electrons. The second kappa shape index (κ2) is 4.50. The highest BCUT2D eigenvalue weighted by Crippen LogP contribution is 2.26. The van der Waals surface area contributed by atoms with E-state index in [9.17, 15) is 4.79 Å². The van der Waals surface area contributed by atoms with Gasteiger partial charge in [0.05, 0.1) is 0 Å². The second-order valence-corrected chi connectivity index (χ2v) is 4.64. The van der Waals surface area contributed by atoms with Gasteiger partial charge < -0.3 is 9.67 Å². The van der Waals surface area contributed by atoms with Gasteiger partial charge in [0.1, 0.15) is 10.4 Å². The summed E-state index contributed by atoms with van der Waals surface area (Å²) in [7, 11) is 1.65. The van der Waals surface area contributed by atoms with Crippen LogP contribution in [0.2, 0.25) is 5.02 Å². The van der Waals surface area contributed by atoms with Gasteiger partial charge in [-0.05, 0) is 28.1 Å². The number of hydrogen-bond acceptors (Lipinski definition) is 2. The molecular weight excluding hydrogens is 307 g/mol. The molecule has 0 aliphatic rings. The summed E-state index contributed by atoms with van der Waals surface area (Å²) in [4.78, 5) is 15.2. The Balaban J connectivity index is 2.62. The molecule has 0 saturated heterocycles. The molecule has 0 spiro atoms. The van der Waals surface area contributed by atoms with Gasteiger partial charge in [0.15, 0.2) is 5.69 Å².